The standard InChI is InChI=1S/C34H38N4O3/c1-7-37(8-2)30-15-11-25(12-16-30)29(23-35)19-27-21-34(41-6)28(22-33(27)40-5)20-32(36-24-39)26-13-17-31(18-14-26)38(9-3)10-4/h11-22H,7-10H2,1-6H3/b29-19+,32-20-. The van der Waals surface area contributed by atoms with Gasteiger partial charge in [-0.25, -0.2) is 4.79 Å². The van der Waals surface area contributed by atoms with Crippen molar-refractivity contribution >= 4 is 40.9 Å². The first-order valence-corrected chi connectivity index (χ1v) is 13.8. The lowest BCUT2D eigenvalue weighted by atomic mass is 10.0. The molecule has 0 aliphatic rings. The number of nitrogens with zero attached hydrogens (tertiary/aromatic N) is 4. The average molecular weight is 551 g/mol. The van der Waals surface area contributed by atoms with Gasteiger partial charge < -0.3 is 19.3 Å². The third-order valence-electron chi connectivity index (χ3n) is 7.06. The van der Waals surface area contributed by atoms with Gasteiger partial charge in [-0.2, -0.15) is 10.3 Å². The topological polar surface area (TPSA) is 78.2 Å². The maximum Gasteiger partial charge on any atom is 0.240 e. The van der Waals surface area contributed by atoms with E-state index in [4.69, 9.17) is 9.47 Å². The Hall–Kier alpha value is -4.79. The molecule has 0 radical (unpaired) electrons. The Morgan fingerprint density at radius 3 is 1.59 bits per heavy atom. The van der Waals surface area contributed by atoms with Crippen molar-refractivity contribution in [2.75, 3.05) is 50.2 Å². The molecule has 7 nitrogen and oxygen atoms in total. The summed E-state index contributed by atoms with van der Waals surface area (Å²) in [6, 6.07) is 21.8. The van der Waals surface area contributed by atoms with Gasteiger partial charge in [0.2, 0.25) is 6.08 Å². The van der Waals surface area contributed by atoms with Gasteiger partial charge in [0, 0.05) is 54.2 Å². The highest BCUT2D eigenvalue weighted by Gasteiger charge is 2.13. The second-order valence-corrected chi connectivity index (χ2v) is 9.18. The highest BCUT2D eigenvalue weighted by Crippen LogP contribution is 2.35. The predicted octanol–water partition coefficient (Wildman–Crippen LogP) is 7.29. The lowest BCUT2D eigenvalue weighted by Crippen LogP contribution is -2.21. The Kier molecular flexibility index (Phi) is 11.3. The summed E-state index contributed by atoms with van der Waals surface area (Å²) in [5.74, 6) is 1.10. The van der Waals surface area contributed by atoms with Gasteiger partial charge in [-0.15, -0.1) is 0 Å². The number of hydrogen-bond acceptors (Lipinski definition) is 7. The highest BCUT2D eigenvalue weighted by atomic mass is 16.5. The number of nitriles is 1. The number of ether oxygens (including phenoxy) is 2. The van der Waals surface area contributed by atoms with Gasteiger partial charge in [-0.1, -0.05) is 24.3 Å². The van der Waals surface area contributed by atoms with E-state index >= 15 is 0 Å². The molecule has 0 aliphatic carbocycles. The highest BCUT2D eigenvalue weighted by molar-refractivity contribution is 5.92. The third-order valence-corrected chi connectivity index (χ3v) is 7.06. The van der Waals surface area contributed by atoms with Gasteiger partial charge in [0.15, 0.2) is 0 Å². The van der Waals surface area contributed by atoms with Crippen LogP contribution in [-0.4, -0.2) is 46.5 Å². The minimum Gasteiger partial charge on any atom is -0.496 e. The van der Waals surface area contributed by atoms with Gasteiger partial charge in [0.05, 0.1) is 31.6 Å². The van der Waals surface area contributed by atoms with Crippen LogP contribution < -0.4 is 19.3 Å². The Labute approximate surface area is 243 Å². The molecule has 0 saturated carbocycles. The number of rotatable bonds is 13. The number of carbonyl (C=O) groups excluding carboxylic acids is 1. The summed E-state index contributed by atoms with van der Waals surface area (Å²) in [7, 11) is 3.15. The fourth-order valence-corrected chi connectivity index (χ4v) is 4.76. The van der Waals surface area contributed by atoms with Crippen molar-refractivity contribution in [1.82, 2.24) is 0 Å². The number of anilines is 2. The van der Waals surface area contributed by atoms with Crippen molar-refractivity contribution in [2.24, 2.45) is 4.99 Å². The van der Waals surface area contributed by atoms with Crippen molar-refractivity contribution in [2.45, 2.75) is 27.7 Å². The van der Waals surface area contributed by atoms with Crippen LogP contribution in [0.25, 0.3) is 23.4 Å². The quantitative estimate of drug-likeness (QED) is 0.0962. The predicted molar refractivity (Wildman–Crippen MR) is 169 cm³/mol. The Bertz CT molecular complexity index is 1450. The molecule has 7 heteroatoms. The first-order chi connectivity index (χ1) is 20.0. The van der Waals surface area contributed by atoms with E-state index in [1.807, 2.05) is 60.7 Å². The normalized spacial score (nSPS) is 11.3. The van der Waals surface area contributed by atoms with Crippen LogP contribution in [0.5, 0.6) is 11.5 Å². The Balaban J connectivity index is 2.04. The first-order valence-electron chi connectivity index (χ1n) is 13.8. The molecule has 0 heterocycles. The maximum absolute atomic E-state index is 11.3. The maximum atomic E-state index is 11.3. The fraction of sp³-hybridized carbons (Fsp3) is 0.294. The molecule has 0 amide bonds. The zero-order valence-corrected chi connectivity index (χ0v) is 24.8. The smallest absolute Gasteiger partial charge is 0.240 e. The summed E-state index contributed by atoms with van der Waals surface area (Å²) >= 11 is 0. The summed E-state index contributed by atoms with van der Waals surface area (Å²) in [5.41, 5.74) is 6.10. The van der Waals surface area contributed by atoms with Crippen LogP contribution in [0.15, 0.2) is 65.7 Å². The summed E-state index contributed by atoms with van der Waals surface area (Å²) in [4.78, 5) is 19.8. The molecular formula is C34H38N4O3. The summed E-state index contributed by atoms with van der Waals surface area (Å²) in [6.45, 7) is 12.1. The molecule has 0 aromatic heterocycles. The molecule has 41 heavy (non-hydrogen) atoms. The van der Waals surface area contributed by atoms with Crippen LogP contribution in [-0.2, 0) is 4.79 Å². The number of isocyanates is 1. The van der Waals surface area contributed by atoms with E-state index in [2.05, 4.69) is 48.6 Å². The molecule has 3 aromatic carbocycles. The molecule has 3 rings (SSSR count). The number of methoxy groups -OCH3 is 2. The molecule has 0 fully saturated rings. The zero-order chi connectivity index (χ0) is 29.8. The second kappa shape index (κ2) is 15.1. The van der Waals surface area contributed by atoms with Crippen LogP contribution in [0.2, 0.25) is 0 Å². The lowest BCUT2D eigenvalue weighted by Gasteiger charge is -2.21. The van der Waals surface area contributed by atoms with Gasteiger partial charge in [-0.05, 0) is 81.8 Å². The molecule has 0 atom stereocenters. The zero-order valence-electron chi connectivity index (χ0n) is 24.8. The molecule has 0 spiro atoms. The third kappa shape index (κ3) is 7.45. The number of allylic oxidation sites excluding steroid dienone is 1. The summed E-state index contributed by atoms with van der Waals surface area (Å²) in [5, 5.41) is 9.98. The summed E-state index contributed by atoms with van der Waals surface area (Å²) < 4.78 is 11.4. The van der Waals surface area contributed by atoms with Crippen LogP contribution in [0.4, 0.5) is 11.4 Å². The molecule has 0 saturated heterocycles. The van der Waals surface area contributed by atoms with Crippen LogP contribution in [0.3, 0.4) is 0 Å². The van der Waals surface area contributed by atoms with Gasteiger partial charge in [-0.3, -0.25) is 0 Å². The SMILES string of the molecule is CCN(CC)c1ccc(/C(C#N)=C/c2cc(OC)c(/C=C(\N=C=O)c3ccc(N(CC)CC)cc3)cc2OC)cc1. The van der Waals surface area contributed by atoms with Gasteiger partial charge >= 0.3 is 0 Å². The molecule has 0 aliphatic heterocycles. The number of benzene rings is 3. The van der Waals surface area contributed by atoms with E-state index in [0.717, 1.165) is 48.7 Å². The van der Waals surface area contributed by atoms with Crippen molar-refractivity contribution in [3.8, 4) is 17.6 Å². The van der Waals surface area contributed by atoms with E-state index in [0.29, 0.717) is 33.9 Å². The largest absolute Gasteiger partial charge is 0.496 e. The summed E-state index contributed by atoms with van der Waals surface area (Å²) in [6.07, 6.45) is 5.23. The lowest BCUT2D eigenvalue weighted by molar-refractivity contribution is 0.401. The fourth-order valence-electron chi connectivity index (χ4n) is 4.76. The van der Waals surface area contributed by atoms with E-state index in [9.17, 15) is 10.1 Å². The van der Waals surface area contributed by atoms with E-state index < -0.39 is 0 Å². The van der Waals surface area contributed by atoms with Gasteiger partial charge in [0.25, 0.3) is 0 Å². The molecule has 0 bridgehead atoms. The average Bonchev–Trinajstić information content (AvgIpc) is 3.01. The number of hydrogen-bond donors (Lipinski definition) is 0. The van der Waals surface area contributed by atoms with Crippen molar-refractivity contribution in [3.63, 3.8) is 0 Å². The van der Waals surface area contributed by atoms with E-state index in [-0.39, 0.29) is 0 Å². The first kappa shape index (κ1) is 30.7. The molecule has 0 unspecified atom stereocenters. The molecule has 3 aromatic rings. The molecular weight excluding hydrogens is 512 g/mol. The van der Waals surface area contributed by atoms with Gasteiger partial charge in [0.1, 0.15) is 11.5 Å². The van der Waals surface area contributed by atoms with Crippen LogP contribution in [0.1, 0.15) is 49.9 Å². The van der Waals surface area contributed by atoms with Crippen LogP contribution >= 0.6 is 0 Å². The van der Waals surface area contributed by atoms with E-state index in [1.165, 1.54) is 0 Å². The number of aliphatic imine (C=N–C) groups is 1. The van der Waals surface area contributed by atoms with Crippen molar-refractivity contribution < 1.29 is 14.3 Å². The monoisotopic (exact) mass is 550 g/mol. The second-order valence-electron chi connectivity index (χ2n) is 9.18. The minimum absolute atomic E-state index is 0.445. The minimum atomic E-state index is 0.445. The Morgan fingerprint density at radius 2 is 1.20 bits per heavy atom. The molecule has 212 valence electrons. The molecule has 0 N–H and O–H groups in total. The van der Waals surface area contributed by atoms with Crippen molar-refractivity contribution in [3.05, 3.63) is 82.9 Å². The van der Waals surface area contributed by atoms with Crippen molar-refractivity contribution in [1.29, 1.82) is 5.26 Å². The van der Waals surface area contributed by atoms with Crippen LogP contribution in [0, 0.1) is 11.3 Å². The Morgan fingerprint density at radius 1 is 0.756 bits per heavy atom. The van der Waals surface area contributed by atoms with E-state index in [1.54, 1.807) is 32.5 Å².